The average Bonchev–Trinajstić information content (AvgIpc) is 2.85. The second-order valence-electron chi connectivity index (χ2n) is 10.8. The van der Waals surface area contributed by atoms with E-state index < -0.39 is 10.3 Å². The zero-order valence-electron chi connectivity index (χ0n) is 23.8. The molecular formula is C31H57NO3S. The number of aromatic nitrogens is 1. The molecule has 0 spiro atoms. The molecule has 210 valence electrons. The highest BCUT2D eigenvalue weighted by atomic mass is 32.2. The maximum Gasteiger partial charge on any atom is 0.330 e. The Bertz CT molecular complexity index is 748. The van der Waals surface area contributed by atoms with Crippen LogP contribution in [-0.2, 0) is 23.1 Å². The number of hydrogen-bond acceptors (Lipinski definition) is 3. The van der Waals surface area contributed by atoms with E-state index in [4.69, 9.17) is 0 Å². The third-order valence-corrected chi connectivity index (χ3v) is 8.29. The summed E-state index contributed by atoms with van der Waals surface area (Å²) >= 11 is 0. The van der Waals surface area contributed by atoms with Gasteiger partial charge in [0.25, 0.3) is 0 Å². The van der Waals surface area contributed by atoms with E-state index in [0.29, 0.717) is 6.42 Å². The van der Waals surface area contributed by atoms with Crippen LogP contribution in [0.5, 0.6) is 0 Å². The summed E-state index contributed by atoms with van der Waals surface area (Å²) in [5, 5.41) is 0. The molecule has 0 aromatic carbocycles. The molecule has 0 aliphatic heterocycles. The maximum atomic E-state index is 11.9. The maximum absolute atomic E-state index is 11.9. The molecule has 1 aromatic rings. The lowest BCUT2D eigenvalue weighted by molar-refractivity contribution is -0.530. The molecule has 36 heavy (non-hydrogen) atoms. The normalized spacial score (nSPS) is 11.9. The molecule has 5 heteroatoms. The Morgan fingerprint density at radius 3 is 1.33 bits per heavy atom. The van der Waals surface area contributed by atoms with E-state index in [2.05, 4.69) is 13.8 Å². The van der Waals surface area contributed by atoms with Crippen molar-refractivity contribution in [1.29, 1.82) is 0 Å². The lowest BCUT2D eigenvalue weighted by atomic mass is 10.00. The second-order valence-corrected chi connectivity index (χ2v) is 12.1. The van der Waals surface area contributed by atoms with E-state index >= 15 is 0 Å². The molecule has 1 rings (SSSR count). The Morgan fingerprint density at radius 1 is 0.583 bits per heavy atom. The van der Waals surface area contributed by atoms with E-state index in [9.17, 15) is 13.0 Å². The topological polar surface area (TPSA) is 61.1 Å². The summed E-state index contributed by atoms with van der Waals surface area (Å²) in [6.07, 6.45) is 31.2. The van der Waals surface area contributed by atoms with Gasteiger partial charge in [-0.2, -0.15) is 8.42 Å². The zero-order valence-corrected chi connectivity index (χ0v) is 24.6. The summed E-state index contributed by atoms with van der Waals surface area (Å²) in [6, 6.07) is 3.73. The number of nitrogens with zero attached hydrogens (tertiary/aromatic N) is 1. The van der Waals surface area contributed by atoms with Crippen molar-refractivity contribution in [2.24, 2.45) is 0 Å². The highest BCUT2D eigenvalue weighted by Gasteiger charge is 2.20. The number of unbranched alkanes of at least 4 members (excludes halogenated alkanes) is 20. The van der Waals surface area contributed by atoms with Crippen LogP contribution in [0.1, 0.15) is 166 Å². The van der Waals surface area contributed by atoms with Crippen molar-refractivity contribution >= 4 is 10.3 Å². The molecule has 4 nitrogen and oxygen atoms in total. The highest BCUT2D eigenvalue weighted by Crippen LogP contribution is 2.17. The van der Waals surface area contributed by atoms with Crippen molar-refractivity contribution in [2.45, 2.75) is 168 Å². The smallest absolute Gasteiger partial charge is 0.330 e. The predicted octanol–water partition coefficient (Wildman–Crippen LogP) is 8.99. The van der Waals surface area contributed by atoms with Crippen LogP contribution < -0.4 is 3.97 Å². The number of aryl methyl sites for hydroxylation is 1. The van der Waals surface area contributed by atoms with Crippen molar-refractivity contribution in [2.75, 3.05) is 0 Å². The molecule has 0 bridgehead atoms. The Kier molecular flexibility index (Phi) is 20.3. The van der Waals surface area contributed by atoms with E-state index in [0.717, 1.165) is 40.9 Å². The van der Waals surface area contributed by atoms with Gasteiger partial charge in [0.2, 0.25) is 5.69 Å². The van der Waals surface area contributed by atoms with E-state index in [1.54, 1.807) is 6.07 Å². The quantitative estimate of drug-likeness (QED) is 0.0729. The number of pyridine rings is 1. The number of rotatable bonds is 25. The molecule has 0 radical (unpaired) electrons. The van der Waals surface area contributed by atoms with Crippen molar-refractivity contribution in [3.8, 4) is 0 Å². The first kappa shape index (κ1) is 33.1. The Labute approximate surface area is 224 Å². The summed E-state index contributed by atoms with van der Waals surface area (Å²) in [5.41, 5.74) is 1.76. The van der Waals surface area contributed by atoms with Gasteiger partial charge in [0.15, 0.2) is 6.20 Å². The van der Waals surface area contributed by atoms with Crippen LogP contribution in [0.25, 0.3) is 0 Å². The molecular weight excluding hydrogens is 466 g/mol. The van der Waals surface area contributed by atoms with Gasteiger partial charge >= 0.3 is 10.3 Å². The monoisotopic (exact) mass is 523 g/mol. The largest absolute Gasteiger partial charge is 0.693 e. The summed E-state index contributed by atoms with van der Waals surface area (Å²) < 4.78 is 36.6. The minimum atomic E-state index is -4.51. The van der Waals surface area contributed by atoms with Gasteiger partial charge in [-0.25, -0.2) is 0 Å². The van der Waals surface area contributed by atoms with Crippen molar-refractivity contribution < 1.29 is 16.9 Å². The number of hydrogen-bond donors (Lipinski definition) is 0. The summed E-state index contributed by atoms with van der Waals surface area (Å²) in [5.74, 6) is 0. The van der Waals surface area contributed by atoms with E-state index in [1.807, 2.05) is 6.07 Å². The molecule has 0 N–H and O–H groups in total. The third kappa shape index (κ3) is 16.7. The molecule has 0 unspecified atom stereocenters. The molecule has 1 heterocycles. The Morgan fingerprint density at radius 2 is 0.944 bits per heavy atom. The minimum Gasteiger partial charge on any atom is -0.693 e. The van der Waals surface area contributed by atoms with Gasteiger partial charge in [0, 0.05) is 18.1 Å². The van der Waals surface area contributed by atoms with Gasteiger partial charge in [-0.15, -0.1) is 0 Å². The summed E-state index contributed by atoms with van der Waals surface area (Å²) in [6.45, 7) is 4.51. The van der Waals surface area contributed by atoms with Crippen LogP contribution in [0, 0.1) is 0 Å². The second kappa shape index (κ2) is 22.1. The van der Waals surface area contributed by atoms with Gasteiger partial charge < -0.3 is 4.55 Å². The summed E-state index contributed by atoms with van der Waals surface area (Å²) in [4.78, 5) is 0. The lowest BCUT2D eigenvalue weighted by Gasteiger charge is -2.11. The molecule has 0 atom stereocenters. The molecule has 0 saturated carbocycles. The van der Waals surface area contributed by atoms with Gasteiger partial charge in [0.1, 0.15) is 0 Å². The molecule has 0 amide bonds. The van der Waals surface area contributed by atoms with Crippen molar-refractivity contribution in [3.05, 3.63) is 29.6 Å². The molecule has 0 aliphatic carbocycles. The first-order valence-electron chi connectivity index (χ1n) is 15.5. The highest BCUT2D eigenvalue weighted by molar-refractivity contribution is 7.78. The first-order valence-corrected chi connectivity index (χ1v) is 16.9. The minimum absolute atomic E-state index is 0.673. The van der Waals surface area contributed by atoms with Gasteiger partial charge in [0.05, 0.1) is 0 Å². The molecule has 0 saturated heterocycles. The predicted molar refractivity (Wildman–Crippen MR) is 152 cm³/mol. The zero-order chi connectivity index (χ0) is 26.3. The molecule has 0 fully saturated rings. The standard InChI is InChI=1S/C31H57NO3S/c1-3-5-7-9-11-13-14-15-16-18-19-21-23-26-30-27-25-29-32(36(33,34)35)31(30)28-24-22-20-17-12-10-8-6-4-2/h25,27,29H,3-24,26,28H2,1-2H3. The Hall–Kier alpha value is -0.940. The molecule has 0 aliphatic rings. The van der Waals surface area contributed by atoms with E-state index in [-0.39, 0.29) is 0 Å². The van der Waals surface area contributed by atoms with Crippen LogP contribution in [0.2, 0.25) is 0 Å². The van der Waals surface area contributed by atoms with Crippen LogP contribution in [0.4, 0.5) is 0 Å². The lowest BCUT2D eigenvalue weighted by Crippen LogP contribution is -2.46. The third-order valence-electron chi connectivity index (χ3n) is 7.46. The first-order chi connectivity index (χ1) is 17.5. The Balaban J connectivity index is 2.30. The van der Waals surface area contributed by atoms with Gasteiger partial charge in [-0.3, -0.25) is 0 Å². The van der Waals surface area contributed by atoms with Crippen LogP contribution in [0.3, 0.4) is 0 Å². The molecule has 1 aromatic heterocycles. The van der Waals surface area contributed by atoms with E-state index in [1.165, 1.54) is 128 Å². The van der Waals surface area contributed by atoms with Gasteiger partial charge in [-0.05, 0) is 25.3 Å². The fourth-order valence-corrected chi connectivity index (χ4v) is 5.91. The fourth-order valence-electron chi connectivity index (χ4n) is 5.21. The fraction of sp³-hybridized carbons (Fsp3) is 0.839. The van der Waals surface area contributed by atoms with Crippen LogP contribution >= 0.6 is 0 Å². The average molecular weight is 524 g/mol. The SMILES string of the molecule is CCCCCCCCCCCCCCCc1ccc[n+](S(=O)(=O)[O-])c1CCCCCCCCCCC. The van der Waals surface area contributed by atoms with Crippen LogP contribution in [0.15, 0.2) is 18.3 Å². The van der Waals surface area contributed by atoms with Crippen LogP contribution in [-0.4, -0.2) is 13.0 Å². The summed E-state index contributed by atoms with van der Waals surface area (Å²) in [7, 11) is -4.51. The van der Waals surface area contributed by atoms with Crippen molar-refractivity contribution in [3.63, 3.8) is 0 Å². The van der Waals surface area contributed by atoms with Gasteiger partial charge in [-0.1, -0.05) is 146 Å². The van der Waals surface area contributed by atoms with Crippen molar-refractivity contribution in [1.82, 2.24) is 0 Å².